The van der Waals surface area contributed by atoms with Gasteiger partial charge in [0, 0.05) is 11.1 Å². The van der Waals surface area contributed by atoms with Gasteiger partial charge in [0.1, 0.15) is 16.8 Å². The molecule has 0 N–H and O–H groups in total. The molecule has 0 aliphatic heterocycles. The summed E-state index contributed by atoms with van der Waals surface area (Å²) in [5, 5.41) is 10.5. The predicted molar refractivity (Wildman–Crippen MR) is 109 cm³/mol. The summed E-state index contributed by atoms with van der Waals surface area (Å²) in [6.45, 7) is 8.98. The lowest BCUT2D eigenvalue weighted by Gasteiger charge is -2.33. The van der Waals surface area contributed by atoms with Crippen molar-refractivity contribution < 1.29 is 4.74 Å². The number of benzene rings is 1. The number of nitriles is 1. The molecule has 0 spiro atoms. The normalized spacial score (nSPS) is 17.2. The Morgan fingerprint density at radius 3 is 2.73 bits per heavy atom. The summed E-state index contributed by atoms with van der Waals surface area (Å²) in [5.41, 5.74) is 4.48. The van der Waals surface area contributed by atoms with E-state index in [1.807, 2.05) is 31.3 Å². The fourth-order valence-corrected chi connectivity index (χ4v) is 4.79. The van der Waals surface area contributed by atoms with Gasteiger partial charge in [-0.05, 0) is 72.4 Å². The molecule has 1 aromatic heterocycles. The minimum atomic E-state index is 0.304. The molecule has 1 heterocycles. The topological polar surface area (TPSA) is 45.4 Å². The van der Waals surface area contributed by atoms with Crippen LogP contribution in [0.15, 0.2) is 23.2 Å². The molecular formula is C22H26N2OS. The Kier molecular flexibility index (Phi) is 5.20. The number of aliphatic imine (C=N–C) groups is 1. The third-order valence-corrected chi connectivity index (χ3v) is 6.54. The molecule has 0 bridgehead atoms. The van der Waals surface area contributed by atoms with Crippen LogP contribution in [0.3, 0.4) is 0 Å². The summed E-state index contributed by atoms with van der Waals surface area (Å²) in [4.78, 5) is 6.04. The van der Waals surface area contributed by atoms with Crippen LogP contribution in [-0.2, 0) is 12.8 Å². The number of hydrogen-bond donors (Lipinski definition) is 0. The predicted octanol–water partition coefficient (Wildman–Crippen LogP) is 5.84. The van der Waals surface area contributed by atoms with Gasteiger partial charge in [-0.2, -0.15) is 5.26 Å². The minimum absolute atomic E-state index is 0.304. The maximum Gasteiger partial charge on any atom is 0.134 e. The third kappa shape index (κ3) is 3.68. The molecule has 1 atom stereocenters. The van der Waals surface area contributed by atoms with Gasteiger partial charge in [0.15, 0.2) is 0 Å². The van der Waals surface area contributed by atoms with Crippen LogP contribution in [0.2, 0.25) is 0 Å². The van der Waals surface area contributed by atoms with Gasteiger partial charge in [0.25, 0.3) is 0 Å². The van der Waals surface area contributed by atoms with Crippen molar-refractivity contribution in [2.75, 3.05) is 7.11 Å². The molecule has 3 nitrogen and oxygen atoms in total. The van der Waals surface area contributed by atoms with Crippen molar-refractivity contribution in [1.29, 1.82) is 5.26 Å². The van der Waals surface area contributed by atoms with Crippen LogP contribution in [0.5, 0.6) is 5.75 Å². The fourth-order valence-electron chi connectivity index (χ4n) is 3.57. The third-order valence-electron chi connectivity index (χ3n) is 5.38. The van der Waals surface area contributed by atoms with E-state index >= 15 is 0 Å². The Balaban J connectivity index is 1.90. The van der Waals surface area contributed by atoms with Gasteiger partial charge in [-0.25, -0.2) is 4.99 Å². The maximum atomic E-state index is 9.68. The van der Waals surface area contributed by atoms with Gasteiger partial charge in [0.2, 0.25) is 0 Å². The lowest BCUT2D eigenvalue weighted by atomic mass is 9.72. The SMILES string of the molecule is COc1ccc(C=Nc2sc3c(c2C#N)CC[C@@H](C(C)(C)C)C3)c(C)c1. The van der Waals surface area contributed by atoms with Crippen molar-refractivity contribution in [2.45, 2.75) is 47.0 Å². The minimum Gasteiger partial charge on any atom is -0.497 e. The van der Waals surface area contributed by atoms with E-state index in [9.17, 15) is 5.26 Å². The summed E-state index contributed by atoms with van der Waals surface area (Å²) < 4.78 is 5.26. The highest BCUT2D eigenvalue weighted by molar-refractivity contribution is 7.16. The standard InChI is InChI=1S/C22H26N2OS/c1-14-10-17(25-5)8-6-15(14)13-24-21-19(12-23)18-9-7-16(22(2,3)4)11-20(18)26-21/h6,8,10,13,16H,7,9,11H2,1-5H3/t16-/m1/s1. The summed E-state index contributed by atoms with van der Waals surface area (Å²) in [5.74, 6) is 1.51. The first kappa shape index (κ1) is 18.7. The second kappa shape index (κ2) is 7.25. The Hall–Kier alpha value is -2.12. The van der Waals surface area contributed by atoms with Crippen molar-refractivity contribution in [3.8, 4) is 11.8 Å². The Bertz CT molecular complexity index is 881. The molecule has 0 fully saturated rings. The number of hydrogen-bond acceptors (Lipinski definition) is 4. The largest absolute Gasteiger partial charge is 0.497 e. The number of methoxy groups -OCH3 is 1. The molecular weight excluding hydrogens is 340 g/mol. The molecule has 0 unspecified atom stereocenters. The number of fused-ring (bicyclic) bond motifs is 1. The number of aryl methyl sites for hydroxylation is 1. The van der Waals surface area contributed by atoms with Crippen LogP contribution in [0.25, 0.3) is 0 Å². The molecule has 1 aliphatic rings. The monoisotopic (exact) mass is 366 g/mol. The van der Waals surface area contributed by atoms with Gasteiger partial charge in [-0.1, -0.05) is 20.8 Å². The highest BCUT2D eigenvalue weighted by atomic mass is 32.1. The second-order valence-electron chi connectivity index (χ2n) is 8.08. The number of thiophene rings is 1. The number of rotatable bonds is 3. The number of ether oxygens (including phenoxy) is 1. The van der Waals surface area contributed by atoms with Crippen LogP contribution in [-0.4, -0.2) is 13.3 Å². The first-order valence-electron chi connectivity index (χ1n) is 9.07. The van der Waals surface area contributed by atoms with E-state index in [0.717, 1.165) is 46.7 Å². The van der Waals surface area contributed by atoms with E-state index in [2.05, 4.69) is 31.8 Å². The Morgan fingerprint density at radius 2 is 2.12 bits per heavy atom. The second-order valence-corrected chi connectivity index (χ2v) is 9.17. The molecule has 0 saturated heterocycles. The van der Waals surface area contributed by atoms with Crippen LogP contribution in [0.1, 0.15) is 54.3 Å². The summed E-state index contributed by atoms with van der Waals surface area (Å²) in [7, 11) is 1.67. The van der Waals surface area contributed by atoms with E-state index in [-0.39, 0.29) is 0 Å². The van der Waals surface area contributed by atoms with Crippen LogP contribution in [0, 0.1) is 29.6 Å². The van der Waals surface area contributed by atoms with Crippen molar-refractivity contribution in [3.05, 3.63) is 45.3 Å². The Labute approximate surface area is 160 Å². The van der Waals surface area contributed by atoms with Gasteiger partial charge in [-0.3, -0.25) is 0 Å². The molecule has 3 rings (SSSR count). The van der Waals surface area contributed by atoms with E-state index in [0.29, 0.717) is 11.3 Å². The van der Waals surface area contributed by atoms with E-state index in [1.165, 1.54) is 10.4 Å². The zero-order valence-corrected chi connectivity index (χ0v) is 17.0. The smallest absolute Gasteiger partial charge is 0.134 e. The van der Waals surface area contributed by atoms with E-state index < -0.39 is 0 Å². The first-order chi connectivity index (χ1) is 12.3. The molecule has 1 aliphatic carbocycles. The fraction of sp³-hybridized carbons (Fsp3) is 0.455. The van der Waals surface area contributed by atoms with Crippen LogP contribution < -0.4 is 4.74 Å². The number of nitrogens with zero attached hydrogens (tertiary/aromatic N) is 2. The van der Waals surface area contributed by atoms with Gasteiger partial charge < -0.3 is 4.74 Å². The first-order valence-corrected chi connectivity index (χ1v) is 9.88. The zero-order chi connectivity index (χ0) is 18.9. The van der Waals surface area contributed by atoms with Crippen molar-refractivity contribution in [2.24, 2.45) is 16.3 Å². The summed E-state index contributed by atoms with van der Waals surface area (Å²) in [6, 6.07) is 8.35. The van der Waals surface area contributed by atoms with Gasteiger partial charge in [0.05, 0.1) is 12.7 Å². The molecule has 1 aromatic carbocycles. The van der Waals surface area contributed by atoms with Crippen molar-refractivity contribution >= 4 is 22.6 Å². The summed E-state index contributed by atoms with van der Waals surface area (Å²) in [6.07, 6.45) is 5.08. The Morgan fingerprint density at radius 1 is 1.35 bits per heavy atom. The van der Waals surface area contributed by atoms with Gasteiger partial charge in [-0.15, -0.1) is 11.3 Å². The van der Waals surface area contributed by atoms with Crippen molar-refractivity contribution in [3.63, 3.8) is 0 Å². The van der Waals surface area contributed by atoms with Crippen LogP contribution >= 0.6 is 11.3 Å². The molecule has 0 saturated carbocycles. The average molecular weight is 367 g/mol. The highest BCUT2D eigenvalue weighted by Gasteiger charge is 2.32. The zero-order valence-electron chi connectivity index (χ0n) is 16.2. The lowest BCUT2D eigenvalue weighted by molar-refractivity contribution is 0.218. The average Bonchev–Trinajstić information content (AvgIpc) is 2.96. The van der Waals surface area contributed by atoms with E-state index in [1.54, 1.807) is 18.4 Å². The molecule has 0 radical (unpaired) electrons. The van der Waals surface area contributed by atoms with Crippen molar-refractivity contribution in [1.82, 2.24) is 0 Å². The summed E-state index contributed by atoms with van der Waals surface area (Å²) >= 11 is 1.69. The van der Waals surface area contributed by atoms with Crippen LogP contribution in [0.4, 0.5) is 5.00 Å². The van der Waals surface area contributed by atoms with E-state index in [4.69, 9.17) is 4.74 Å². The maximum absolute atomic E-state index is 9.68. The molecule has 26 heavy (non-hydrogen) atoms. The molecule has 4 heteroatoms. The lowest BCUT2D eigenvalue weighted by Crippen LogP contribution is -2.26. The van der Waals surface area contributed by atoms with Gasteiger partial charge >= 0.3 is 0 Å². The highest BCUT2D eigenvalue weighted by Crippen LogP contribution is 2.44. The molecule has 136 valence electrons. The molecule has 0 amide bonds. The molecule has 2 aromatic rings. The quantitative estimate of drug-likeness (QED) is 0.641.